The van der Waals surface area contributed by atoms with Crippen LogP contribution in [-0.2, 0) is 0 Å². The molecule has 0 aromatic rings. The van der Waals surface area contributed by atoms with E-state index in [1.807, 2.05) is 11.8 Å². The predicted molar refractivity (Wildman–Crippen MR) is 79.9 cm³/mol. The van der Waals surface area contributed by atoms with E-state index in [2.05, 4.69) is 37.2 Å². The average molecular weight is 258 g/mol. The van der Waals surface area contributed by atoms with Crippen LogP contribution in [0.5, 0.6) is 0 Å². The highest BCUT2D eigenvalue weighted by molar-refractivity contribution is 7.98. The van der Waals surface area contributed by atoms with Gasteiger partial charge in [0.15, 0.2) is 0 Å². The molecule has 17 heavy (non-hydrogen) atoms. The van der Waals surface area contributed by atoms with Crippen LogP contribution < -0.4 is 5.32 Å². The fourth-order valence-corrected chi connectivity index (χ4v) is 3.05. The SMILES string of the molecule is CCC(C)C1CN(CCCSC)C(CC)CN1. The fraction of sp³-hybridized carbons (Fsp3) is 1.00. The first-order chi connectivity index (χ1) is 8.22. The number of rotatable bonds is 7. The molecule has 102 valence electrons. The van der Waals surface area contributed by atoms with Gasteiger partial charge in [-0.2, -0.15) is 11.8 Å². The van der Waals surface area contributed by atoms with E-state index in [4.69, 9.17) is 0 Å². The minimum atomic E-state index is 0.706. The Morgan fingerprint density at radius 2 is 2.18 bits per heavy atom. The van der Waals surface area contributed by atoms with E-state index in [1.165, 1.54) is 44.6 Å². The maximum atomic E-state index is 3.74. The van der Waals surface area contributed by atoms with E-state index in [9.17, 15) is 0 Å². The third-order valence-electron chi connectivity index (χ3n) is 4.16. The second-order valence-corrected chi connectivity index (χ2v) is 6.29. The van der Waals surface area contributed by atoms with E-state index in [-0.39, 0.29) is 0 Å². The number of piperazine rings is 1. The number of nitrogens with one attached hydrogen (secondary N) is 1. The molecule has 0 spiro atoms. The van der Waals surface area contributed by atoms with Crippen LogP contribution in [-0.4, -0.2) is 48.6 Å². The second kappa shape index (κ2) is 8.39. The van der Waals surface area contributed by atoms with Crippen molar-refractivity contribution in [2.75, 3.05) is 31.6 Å². The van der Waals surface area contributed by atoms with Gasteiger partial charge in [-0.15, -0.1) is 0 Å². The summed E-state index contributed by atoms with van der Waals surface area (Å²) in [7, 11) is 0. The molecule has 0 saturated carbocycles. The Kier molecular flexibility index (Phi) is 7.56. The van der Waals surface area contributed by atoms with Gasteiger partial charge in [-0.1, -0.05) is 27.2 Å². The first-order valence-corrected chi connectivity index (χ1v) is 8.58. The number of thioether (sulfide) groups is 1. The van der Waals surface area contributed by atoms with Gasteiger partial charge in [-0.25, -0.2) is 0 Å². The zero-order valence-corrected chi connectivity index (χ0v) is 12.9. The Balaban J connectivity index is 2.43. The van der Waals surface area contributed by atoms with Crippen molar-refractivity contribution in [1.82, 2.24) is 10.2 Å². The summed E-state index contributed by atoms with van der Waals surface area (Å²) in [5.74, 6) is 2.10. The minimum absolute atomic E-state index is 0.706. The van der Waals surface area contributed by atoms with Crippen LogP contribution in [0.1, 0.15) is 40.0 Å². The highest BCUT2D eigenvalue weighted by atomic mass is 32.2. The van der Waals surface area contributed by atoms with Crippen LogP contribution in [0.15, 0.2) is 0 Å². The quantitative estimate of drug-likeness (QED) is 0.707. The molecule has 1 aliphatic rings. The first-order valence-electron chi connectivity index (χ1n) is 7.19. The van der Waals surface area contributed by atoms with Crippen molar-refractivity contribution in [3.63, 3.8) is 0 Å². The summed E-state index contributed by atoms with van der Waals surface area (Å²) < 4.78 is 0. The Hall–Kier alpha value is 0.270. The molecule has 0 aromatic heterocycles. The van der Waals surface area contributed by atoms with Crippen LogP contribution in [0.2, 0.25) is 0 Å². The van der Waals surface area contributed by atoms with E-state index in [0.717, 1.165) is 12.0 Å². The minimum Gasteiger partial charge on any atom is -0.311 e. The number of hydrogen-bond acceptors (Lipinski definition) is 3. The third-order valence-corrected chi connectivity index (χ3v) is 4.86. The van der Waals surface area contributed by atoms with Crippen molar-refractivity contribution in [2.45, 2.75) is 52.1 Å². The summed E-state index contributed by atoms with van der Waals surface area (Å²) in [6, 6.07) is 1.47. The van der Waals surface area contributed by atoms with E-state index in [1.54, 1.807) is 0 Å². The molecule has 1 aliphatic heterocycles. The molecule has 3 unspecified atom stereocenters. The molecule has 2 nitrogen and oxygen atoms in total. The fourth-order valence-electron chi connectivity index (χ4n) is 2.64. The molecule has 1 saturated heterocycles. The smallest absolute Gasteiger partial charge is 0.0221 e. The Morgan fingerprint density at radius 3 is 2.76 bits per heavy atom. The monoisotopic (exact) mass is 258 g/mol. The predicted octanol–water partition coefficient (Wildman–Crippen LogP) is 2.84. The molecule has 0 radical (unpaired) electrons. The lowest BCUT2D eigenvalue weighted by molar-refractivity contribution is 0.107. The Labute approximate surface area is 112 Å². The molecule has 0 amide bonds. The molecule has 3 atom stereocenters. The summed E-state index contributed by atoms with van der Waals surface area (Å²) in [4.78, 5) is 2.73. The summed E-state index contributed by atoms with van der Waals surface area (Å²) in [6.07, 6.45) is 6.11. The van der Waals surface area contributed by atoms with Gasteiger partial charge in [0.25, 0.3) is 0 Å². The summed E-state index contributed by atoms with van der Waals surface area (Å²) in [5.41, 5.74) is 0. The molecule has 1 N–H and O–H groups in total. The normalized spacial score (nSPS) is 28.2. The van der Waals surface area contributed by atoms with Crippen molar-refractivity contribution in [3.8, 4) is 0 Å². The maximum Gasteiger partial charge on any atom is 0.0221 e. The molecule has 1 rings (SSSR count). The zero-order chi connectivity index (χ0) is 12.7. The number of nitrogens with zero attached hydrogens (tertiary/aromatic N) is 1. The molecule has 1 fully saturated rings. The van der Waals surface area contributed by atoms with Crippen LogP contribution in [0.25, 0.3) is 0 Å². The lowest BCUT2D eigenvalue weighted by Crippen LogP contribution is -2.58. The Morgan fingerprint density at radius 1 is 1.41 bits per heavy atom. The van der Waals surface area contributed by atoms with Gasteiger partial charge < -0.3 is 5.32 Å². The van der Waals surface area contributed by atoms with Crippen LogP contribution in [0.3, 0.4) is 0 Å². The summed E-state index contributed by atoms with van der Waals surface area (Å²) >= 11 is 1.97. The summed E-state index contributed by atoms with van der Waals surface area (Å²) in [6.45, 7) is 10.7. The van der Waals surface area contributed by atoms with Gasteiger partial charge in [0.05, 0.1) is 0 Å². The standard InChI is InChI=1S/C14H30N2S/c1-5-12(3)14-11-16(8-7-9-17-4)13(6-2)10-15-14/h12-15H,5-11H2,1-4H3. The topological polar surface area (TPSA) is 15.3 Å². The first kappa shape index (κ1) is 15.3. The molecular formula is C14H30N2S. The molecule has 0 aliphatic carbocycles. The maximum absolute atomic E-state index is 3.74. The van der Waals surface area contributed by atoms with Gasteiger partial charge in [0.1, 0.15) is 0 Å². The van der Waals surface area contributed by atoms with Gasteiger partial charge in [0.2, 0.25) is 0 Å². The lowest BCUT2D eigenvalue weighted by Gasteiger charge is -2.42. The molecule has 3 heteroatoms. The molecule has 0 bridgehead atoms. The van der Waals surface area contributed by atoms with Crippen molar-refractivity contribution in [2.24, 2.45) is 5.92 Å². The zero-order valence-electron chi connectivity index (χ0n) is 12.0. The molecule has 0 aromatic carbocycles. The van der Waals surface area contributed by atoms with Crippen LogP contribution in [0.4, 0.5) is 0 Å². The lowest BCUT2D eigenvalue weighted by atomic mass is 9.95. The third kappa shape index (κ3) is 4.80. The second-order valence-electron chi connectivity index (χ2n) is 5.30. The van der Waals surface area contributed by atoms with Crippen molar-refractivity contribution in [1.29, 1.82) is 0 Å². The van der Waals surface area contributed by atoms with Gasteiger partial charge in [-0.05, 0) is 37.3 Å². The highest BCUT2D eigenvalue weighted by Crippen LogP contribution is 2.17. The highest BCUT2D eigenvalue weighted by Gasteiger charge is 2.28. The Bertz CT molecular complexity index is 199. The van der Waals surface area contributed by atoms with Crippen LogP contribution >= 0.6 is 11.8 Å². The van der Waals surface area contributed by atoms with E-state index >= 15 is 0 Å². The van der Waals surface area contributed by atoms with Gasteiger partial charge >= 0.3 is 0 Å². The van der Waals surface area contributed by atoms with Crippen LogP contribution in [0, 0.1) is 5.92 Å². The van der Waals surface area contributed by atoms with Gasteiger partial charge in [-0.3, -0.25) is 4.90 Å². The van der Waals surface area contributed by atoms with E-state index < -0.39 is 0 Å². The van der Waals surface area contributed by atoms with Crippen molar-refractivity contribution in [3.05, 3.63) is 0 Å². The average Bonchev–Trinajstić information content (AvgIpc) is 2.38. The number of hydrogen-bond donors (Lipinski definition) is 1. The molecular weight excluding hydrogens is 228 g/mol. The van der Waals surface area contributed by atoms with E-state index in [0.29, 0.717) is 6.04 Å². The molecule has 1 heterocycles. The van der Waals surface area contributed by atoms with Gasteiger partial charge in [0, 0.05) is 25.2 Å². The van der Waals surface area contributed by atoms with Crippen molar-refractivity contribution >= 4 is 11.8 Å². The largest absolute Gasteiger partial charge is 0.311 e. The summed E-state index contributed by atoms with van der Waals surface area (Å²) in [5, 5.41) is 3.74. The van der Waals surface area contributed by atoms with Crippen molar-refractivity contribution < 1.29 is 0 Å².